The maximum atomic E-state index is 14.0. The lowest BCUT2D eigenvalue weighted by Gasteiger charge is -2.14. The summed E-state index contributed by atoms with van der Waals surface area (Å²) in [6.45, 7) is 3.98. The van der Waals surface area contributed by atoms with Crippen molar-refractivity contribution >= 4 is 17.5 Å². The fraction of sp³-hybridized carbons (Fsp3) is 0.286. The molecule has 1 heterocycles. The summed E-state index contributed by atoms with van der Waals surface area (Å²) in [5.74, 6) is -0.482. The smallest absolute Gasteiger partial charge is 0.259 e. The van der Waals surface area contributed by atoms with Crippen molar-refractivity contribution in [2.24, 2.45) is 0 Å². The average Bonchev–Trinajstić information content (AvgIpc) is 2.78. The molecule has 0 atom stereocenters. The van der Waals surface area contributed by atoms with Crippen LogP contribution in [0.4, 0.5) is 4.39 Å². The molecule has 0 radical (unpaired) electrons. The third kappa shape index (κ3) is 2.41. The van der Waals surface area contributed by atoms with Crippen LogP contribution in [0.1, 0.15) is 23.0 Å². The van der Waals surface area contributed by atoms with E-state index in [-0.39, 0.29) is 27.8 Å². The first-order valence-corrected chi connectivity index (χ1v) is 6.51. The predicted molar refractivity (Wildman–Crippen MR) is 74.3 cm³/mol. The Morgan fingerprint density at radius 3 is 2.80 bits per heavy atom. The van der Waals surface area contributed by atoms with Gasteiger partial charge in [0.2, 0.25) is 0 Å². The number of benzene rings is 1. The molecule has 0 saturated heterocycles. The molecule has 0 N–H and O–H groups in total. The quantitative estimate of drug-likeness (QED) is 0.870. The molecule has 1 aromatic carbocycles. The van der Waals surface area contributed by atoms with Crippen molar-refractivity contribution in [3.63, 3.8) is 0 Å². The van der Waals surface area contributed by atoms with Gasteiger partial charge in [-0.05, 0) is 26.0 Å². The van der Waals surface area contributed by atoms with Gasteiger partial charge in [-0.15, -0.1) is 0 Å². The number of carbonyl (C=O) groups excluding carboxylic acids is 1. The van der Waals surface area contributed by atoms with E-state index in [4.69, 9.17) is 16.1 Å². The summed E-state index contributed by atoms with van der Waals surface area (Å²) in [5, 5.41) is 3.99. The van der Waals surface area contributed by atoms with Crippen LogP contribution < -0.4 is 0 Å². The molecule has 0 fully saturated rings. The number of aromatic nitrogens is 1. The highest BCUT2D eigenvalue weighted by Gasteiger charge is 2.26. The van der Waals surface area contributed by atoms with Gasteiger partial charge in [0.25, 0.3) is 5.91 Å². The van der Waals surface area contributed by atoms with E-state index < -0.39 is 5.82 Å². The van der Waals surface area contributed by atoms with Crippen LogP contribution in [0.2, 0.25) is 5.02 Å². The Morgan fingerprint density at radius 1 is 1.50 bits per heavy atom. The van der Waals surface area contributed by atoms with Gasteiger partial charge in [-0.1, -0.05) is 22.8 Å². The van der Waals surface area contributed by atoms with Crippen LogP contribution in [0, 0.1) is 12.7 Å². The zero-order chi connectivity index (χ0) is 14.9. The van der Waals surface area contributed by atoms with Crippen molar-refractivity contribution in [2.45, 2.75) is 13.8 Å². The van der Waals surface area contributed by atoms with E-state index >= 15 is 0 Å². The highest BCUT2D eigenvalue weighted by molar-refractivity contribution is 6.33. The summed E-state index contributed by atoms with van der Waals surface area (Å²) < 4.78 is 19.0. The Balaban J connectivity index is 2.63. The van der Waals surface area contributed by atoms with Crippen LogP contribution in [-0.2, 0) is 0 Å². The van der Waals surface area contributed by atoms with Gasteiger partial charge in [-0.25, -0.2) is 4.39 Å². The number of nitrogens with zero attached hydrogens (tertiary/aromatic N) is 2. The molecule has 6 heteroatoms. The minimum atomic E-state index is -0.543. The molecule has 1 amide bonds. The zero-order valence-corrected chi connectivity index (χ0v) is 12.2. The largest absolute Gasteiger partial charge is 0.360 e. The lowest BCUT2D eigenvalue weighted by Crippen LogP contribution is -2.27. The van der Waals surface area contributed by atoms with Gasteiger partial charge in [0.1, 0.15) is 22.8 Å². The Hall–Kier alpha value is -1.88. The summed E-state index contributed by atoms with van der Waals surface area (Å²) in [7, 11) is 1.65. The third-order valence-corrected chi connectivity index (χ3v) is 3.41. The van der Waals surface area contributed by atoms with Crippen LogP contribution in [0.25, 0.3) is 11.3 Å². The van der Waals surface area contributed by atoms with Crippen molar-refractivity contribution < 1.29 is 13.7 Å². The minimum absolute atomic E-state index is 0.0823. The van der Waals surface area contributed by atoms with E-state index in [1.165, 1.54) is 17.0 Å². The molecule has 0 saturated carbocycles. The first-order chi connectivity index (χ1) is 9.47. The monoisotopic (exact) mass is 296 g/mol. The normalized spacial score (nSPS) is 10.7. The molecule has 0 bridgehead atoms. The SMILES string of the molecule is CCN(C)C(=O)c1c(-c2c(F)cccc2Cl)noc1C. The summed E-state index contributed by atoms with van der Waals surface area (Å²) >= 11 is 6.02. The van der Waals surface area contributed by atoms with Gasteiger partial charge < -0.3 is 9.42 Å². The molecular weight excluding hydrogens is 283 g/mol. The van der Waals surface area contributed by atoms with Crippen molar-refractivity contribution in [3.8, 4) is 11.3 Å². The summed E-state index contributed by atoms with van der Waals surface area (Å²) in [6, 6.07) is 4.30. The number of halogens is 2. The number of aryl methyl sites for hydroxylation is 1. The number of hydrogen-bond donors (Lipinski definition) is 0. The Kier molecular flexibility index (Phi) is 4.09. The van der Waals surface area contributed by atoms with E-state index in [2.05, 4.69) is 5.16 Å². The predicted octanol–water partition coefficient (Wildman–Crippen LogP) is 3.53. The van der Waals surface area contributed by atoms with Crippen molar-refractivity contribution in [1.82, 2.24) is 10.1 Å². The van der Waals surface area contributed by atoms with Crippen molar-refractivity contribution in [2.75, 3.05) is 13.6 Å². The Morgan fingerprint density at radius 2 is 2.20 bits per heavy atom. The van der Waals surface area contributed by atoms with Crippen LogP contribution in [0.15, 0.2) is 22.7 Å². The van der Waals surface area contributed by atoms with Gasteiger partial charge in [0, 0.05) is 13.6 Å². The number of hydrogen-bond acceptors (Lipinski definition) is 3. The van der Waals surface area contributed by atoms with E-state index in [1.54, 1.807) is 20.0 Å². The van der Waals surface area contributed by atoms with E-state index in [9.17, 15) is 9.18 Å². The van der Waals surface area contributed by atoms with E-state index in [0.29, 0.717) is 12.3 Å². The van der Waals surface area contributed by atoms with Crippen LogP contribution in [0.3, 0.4) is 0 Å². The Labute approximate surface area is 121 Å². The second-order valence-corrected chi connectivity index (χ2v) is 4.79. The van der Waals surface area contributed by atoms with Crippen molar-refractivity contribution in [1.29, 1.82) is 0 Å². The standard InChI is InChI=1S/C14H14ClFN2O2/c1-4-18(3)14(19)11-8(2)20-17-13(11)12-9(15)6-5-7-10(12)16/h5-7H,4H2,1-3H3. The number of rotatable bonds is 3. The molecular formula is C14H14ClFN2O2. The zero-order valence-electron chi connectivity index (χ0n) is 11.4. The highest BCUT2D eigenvalue weighted by atomic mass is 35.5. The Bertz CT molecular complexity index is 634. The molecule has 0 spiro atoms. The third-order valence-electron chi connectivity index (χ3n) is 3.10. The van der Waals surface area contributed by atoms with Gasteiger partial charge in [0.05, 0.1) is 10.6 Å². The lowest BCUT2D eigenvalue weighted by atomic mass is 10.0. The van der Waals surface area contributed by atoms with E-state index in [1.807, 2.05) is 6.92 Å². The topological polar surface area (TPSA) is 46.3 Å². The second kappa shape index (κ2) is 5.63. The number of amides is 1. The average molecular weight is 297 g/mol. The molecule has 0 aliphatic rings. The van der Waals surface area contributed by atoms with Gasteiger partial charge in [-0.2, -0.15) is 0 Å². The molecule has 20 heavy (non-hydrogen) atoms. The van der Waals surface area contributed by atoms with Gasteiger partial charge in [-0.3, -0.25) is 4.79 Å². The molecule has 0 aliphatic carbocycles. The van der Waals surface area contributed by atoms with Crippen LogP contribution in [-0.4, -0.2) is 29.6 Å². The first-order valence-electron chi connectivity index (χ1n) is 6.13. The molecule has 2 aromatic rings. The van der Waals surface area contributed by atoms with Gasteiger partial charge >= 0.3 is 0 Å². The first kappa shape index (κ1) is 14.5. The van der Waals surface area contributed by atoms with Crippen LogP contribution >= 0.6 is 11.6 Å². The molecule has 2 rings (SSSR count). The summed E-state index contributed by atoms with van der Waals surface area (Å²) in [6.07, 6.45) is 0. The highest BCUT2D eigenvalue weighted by Crippen LogP contribution is 2.33. The summed E-state index contributed by atoms with van der Waals surface area (Å²) in [4.78, 5) is 13.8. The molecule has 4 nitrogen and oxygen atoms in total. The molecule has 0 aliphatic heterocycles. The fourth-order valence-corrected chi connectivity index (χ4v) is 2.11. The van der Waals surface area contributed by atoms with E-state index in [0.717, 1.165) is 0 Å². The van der Waals surface area contributed by atoms with Crippen molar-refractivity contribution in [3.05, 3.63) is 40.4 Å². The maximum absolute atomic E-state index is 14.0. The van der Waals surface area contributed by atoms with Crippen LogP contribution in [0.5, 0.6) is 0 Å². The molecule has 0 unspecified atom stereocenters. The van der Waals surface area contributed by atoms with Gasteiger partial charge in [0.15, 0.2) is 0 Å². The molecule has 106 valence electrons. The molecule has 1 aromatic heterocycles. The minimum Gasteiger partial charge on any atom is -0.360 e. The summed E-state index contributed by atoms with van der Waals surface area (Å²) in [5.41, 5.74) is 0.455. The lowest BCUT2D eigenvalue weighted by molar-refractivity contribution is 0.0801. The maximum Gasteiger partial charge on any atom is 0.259 e. The second-order valence-electron chi connectivity index (χ2n) is 4.38. The fourth-order valence-electron chi connectivity index (χ4n) is 1.85. The number of carbonyl (C=O) groups is 1.